The van der Waals surface area contributed by atoms with Gasteiger partial charge in [-0.2, -0.15) is 0 Å². The number of aliphatic hydroxyl groups excluding tert-OH is 1. The Morgan fingerprint density at radius 2 is 2.30 bits per heavy atom. The fourth-order valence-electron chi connectivity index (χ4n) is 1.50. The molecule has 0 spiro atoms. The summed E-state index contributed by atoms with van der Waals surface area (Å²) in [4.78, 5) is 11.8. The molecule has 102 valence electrons. The van der Waals surface area contributed by atoms with E-state index in [9.17, 15) is 9.18 Å². The third-order valence-corrected chi connectivity index (χ3v) is 2.38. The number of hydrogen-bond acceptors (Lipinski definition) is 4. The third-order valence-electron chi connectivity index (χ3n) is 2.38. The van der Waals surface area contributed by atoms with E-state index in [-0.39, 0.29) is 17.9 Å². The molecule has 0 unspecified atom stereocenters. The van der Waals surface area contributed by atoms with E-state index in [2.05, 4.69) is 22.3 Å². The lowest BCUT2D eigenvalue weighted by Gasteiger charge is -2.03. The summed E-state index contributed by atoms with van der Waals surface area (Å²) in [6, 6.07) is 5.45. The lowest BCUT2D eigenvalue weighted by atomic mass is 10.2. The van der Waals surface area contributed by atoms with Gasteiger partial charge in [0.15, 0.2) is 0 Å². The zero-order chi connectivity index (χ0) is 14.5. The normalized spacial score (nSPS) is 9.75. The number of carbonyl (C=O) groups is 1. The van der Waals surface area contributed by atoms with Crippen molar-refractivity contribution in [2.75, 3.05) is 11.9 Å². The summed E-state index contributed by atoms with van der Waals surface area (Å²) in [5, 5.41) is 14.8. The van der Waals surface area contributed by atoms with Crippen molar-refractivity contribution < 1.29 is 18.8 Å². The number of amides is 1. The van der Waals surface area contributed by atoms with Gasteiger partial charge in [-0.3, -0.25) is 4.79 Å². The molecular formula is C14H11FN2O3. The molecule has 20 heavy (non-hydrogen) atoms. The summed E-state index contributed by atoms with van der Waals surface area (Å²) >= 11 is 0. The molecule has 1 heterocycles. The van der Waals surface area contributed by atoms with E-state index in [0.29, 0.717) is 11.4 Å². The second-order valence-electron chi connectivity index (χ2n) is 3.94. The first-order chi connectivity index (χ1) is 9.60. The van der Waals surface area contributed by atoms with Crippen LogP contribution in [-0.4, -0.2) is 22.8 Å². The lowest BCUT2D eigenvalue weighted by molar-refractivity contribution is 0.0988. The summed E-state index contributed by atoms with van der Waals surface area (Å²) in [5.74, 6) is 3.85. The molecule has 0 saturated heterocycles. The highest BCUT2D eigenvalue weighted by molar-refractivity contribution is 6.02. The number of nitrogens with one attached hydrogen (secondary N) is 1. The lowest BCUT2D eigenvalue weighted by Crippen LogP contribution is -2.11. The molecule has 0 atom stereocenters. The molecular weight excluding hydrogens is 263 g/mol. The molecule has 1 aromatic carbocycles. The standard InChI is InChI=1S/C14H11FN2O3/c1-9-7-13(20-17-9)14(19)16-11-4-5-12(15)10(8-11)3-2-6-18/h4-5,7-8,18H,6H2,1H3,(H,16,19). The van der Waals surface area contributed by atoms with E-state index < -0.39 is 11.7 Å². The van der Waals surface area contributed by atoms with Gasteiger partial charge >= 0.3 is 0 Å². The van der Waals surface area contributed by atoms with Gasteiger partial charge in [-0.25, -0.2) is 4.39 Å². The van der Waals surface area contributed by atoms with E-state index >= 15 is 0 Å². The minimum absolute atomic E-state index is 0.0646. The maximum atomic E-state index is 13.4. The molecule has 0 aliphatic heterocycles. The van der Waals surface area contributed by atoms with Gasteiger partial charge < -0.3 is 14.9 Å². The second-order valence-corrected chi connectivity index (χ2v) is 3.94. The molecule has 0 radical (unpaired) electrons. The van der Waals surface area contributed by atoms with Crippen LogP contribution in [0.3, 0.4) is 0 Å². The zero-order valence-electron chi connectivity index (χ0n) is 10.6. The average Bonchev–Trinajstić information content (AvgIpc) is 2.86. The van der Waals surface area contributed by atoms with E-state index in [4.69, 9.17) is 9.63 Å². The Morgan fingerprint density at radius 3 is 2.95 bits per heavy atom. The third kappa shape index (κ3) is 3.22. The van der Waals surface area contributed by atoms with Crippen LogP contribution < -0.4 is 5.32 Å². The van der Waals surface area contributed by atoms with Crippen LogP contribution in [0.25, 0.3) is 0 Å². The SMILES string of the molecule is Cc1cc(C(=O)Nc2ccc(F)c(C#CCO)c2)on1. The van der Waals surface area contributed by atoms with Crippen LogP contribution >= 0.6 is 0 Å². The molecule has 0 aliphatic rings. The predicted octanol–water partition coefficient (Wildman–Crippen LogP) is 1.72. The van der Waals surface area contributed by atoms with Gasteiger partial charge in [0.2, 0.25) is 5.76 Å². The number of aryl methyl sites for hydroxylation is 1. The molecule has 0 fully saturated rings. The minimum Gasteiger partial charge on any atom is -0.384 e. The van der Waals surface area contributed by atoms with Crippen LogP contribution in [0.5, 0.6) is 0 Å². The Bertz CT molecular complexity index is 698. The van der Waals surface area contributed by atoms with Crippen molar-refractivity contribution in [2.45, 2.75) is 6.92 Å². The number of aromatic nitrogens is 1. The Morgan fingerprint density at radius 1 is 1.50 bits per heavy atom. The van der Waals surface area contributed by atoms with Gasteiger partial charge in [-0.15, -0.1) is 0 Å². The Balaban J connectivity index is 2.19. The molecule has 0 aliphatic carbocycles. The zero-order valence-corrected chi connectivity index (χ0v) is 10.6. The molecule has 1 amide bonds. The highest BCUT2D eigenvalue weighted by Crippen LogP contribution is 2.15. The van der Waals surface area contributed by atoms with E-state index in [0.717, 1.165) is 0 Å². The van der Waals surface area contributed by atoms with Crippen molar-refractivity contribution in [2.24, 2.45) is 0 Å². The molecule has 6 heteroatoms. The maximum absolute atomic E-state index is 13.4. The van der Waals surface area contributed by atoms with Crippen molar-refractivity contribution >= 4 is 11.6 Å². The summed E-state index contributed by atoms with van der Waals surface area (Å²) in [5.41, 5.74) is 1.04. The first-order valence-corrected chi connectivity index (χ1v) is 5.74. The number of benzene rings is 1. The van der Waals surface area contributed by atoms with Crippen molar-refractivity contribution in [3.8, 4) is 11.8 Å². The van der Waals surface area contributed by atoms with Crippen molar-refractivity contribution in [3.05, 3.63) is 47.1 Å². The van der Waals surface area contributed by atoms with Crippen LogP contribution in [0, 0.1) is 24.6 Å². The number of hydrogen-bond donors (Lipinski definition) is 2. The Hall–Kier alpha value is -2.65. The first-order valence-electron chi connectivity index (χ1n) is 5.74. The molecule has 2 aromatic rings. The first kappa shape index (κ1) is 13.8. The van der Waals surface area contributed by atoms with Gasteiger partial charge in [-0.1, -0.05) is 17.0 Å². The molecule has 0 bridgehead atoms. The minimum atomic E-state index is -0.528. The second kappa shape index (κ2) is 5.99. The summed E-state index contributed by atoms with van der Waals surface area (Å²) in [7, 11) is 0. The van der Waals surface area contributed by atoms with Crippen molar-refractivity contribution in [3.63, 3.8) is 0 Å². The Labute approximate surface area is 114 Å². The van der Waals surface area contributed by atoms with E-state index in [1.165, 1.54) is 24.3 Å². The summed E-state index contributed by atoms with van der Waals surface area (Å²) in [6.45, 7) is 1.33. The topological polar surface area (TPSA) is 75.4 Å². The van der Waals surface area contributed by atoms with Crippen LogP contribution in [0.4, 0.5) is 10.1 Å². The van der Waals surface area contributed by atoms with Gasteiger partial charge in [0, 0.05) is 11.8 Å². The van der Waals surface area contributed by atoms with Gasteiger partial charge in [-0.05, 0) is 25.1 Å². The number of halogens is 1. The molecule has 2 N–H and O–H groups in total. The number of anilines is 1. The van der Waals surface area contributed by atoms with E-state index in [1.807, 2.05) is 0 Å². The fourth-order valence-corrected chi connectivity index (χ4v) is 1.50. The molecule has 5 nitrogen and oxygen atoms in total. The smallest absolute Gasteiger partial charge is 0.294 e. The van der Waals surface area contributed by atoms with Gasteiger partial charge in [0.25, 0.3) is 5.91 Å². The van der Waals surface area contributed by atoms with Crippen LogP contribution in [0.2, 0.25) is 0 Å². The Kier molecular flexibility index (Phi) is 4.13. The van der Waals surface area contributed by atoms with Crippen LogP contribution in [0.15, 0.2) is 28.8 Å². The molecule has 1 aromatic heterocycles. The largest absolute Gasteiger partial charge is 0.384 e. The highest BCUT2D eigenvalue weighted by Gasteiger charge is 2.12. The number of carbonyl (C=O) groups excluding carboxylic acids is 1. The number of nitrogens with zero attached hydrogens (tertiary/aromatic N) is 1. The van der Waals surface area contributed by atoms with Crippen LogP contribution in [0.1, 0.15) is 21.8 Å². The maximum Gasteiger partial charge on any atom is 0.294 e. The highest BCUT2D eigenvalue weighted by atomic mass is 19.1. The van der Waals surface area contributed by atoms with Crippen LogP contribution in [-0.2, 0) is 0 Å². The molecule has 2 rings (SSSR count). The van der Waals surface area contributed by atoms with Gasteiger partial charge in [0.1, 0.15) is 12.4 Å². The monoisotopic (exact) mass is 274 g/mol. The van der Waals surface area contributed by atoms with Crippen molar-refractivity contribution in [1.29, 1.82) is 0 Å². The van der Waals surface area contributed by atoms with Crippen molar-refractivity contribution in [1.82, 2.24) is 5.16 Å². The fraction of sp³-hybridized carbons (Fsp3) is 0.143. The molecule has 0 saturated carbocycles. The number of aliphatic hydroxyl groups is 1. The average molecular weight is 274 g/mol. The number of rotatable bonds is 2. The van der Waals surface area contributed by atoms with E-state index in [1.54, 1.807) is 6.92 Å². The summed E-state index contributed by atoms with van der Waals surface area (Å²) < 4.78 is 18.3. The predicted molar refractivity (Wildman–Crippen MR) is 69.6 cm³/mol. The quantitative estimate of drug-likeness (QED) is 0.818. The summed E-state index contributed by atoms with van der Waals surface area (Å²) in [6.07, 6.45) is 0. The van der Waals surface area contributed by atoms with Gasteiger partial charge in [0.05, 0.1) is 11.3 Å².